The molecule has 1 aliphatic heterocycles. The molecule has 0 bridgehead atoms. The van der Waals surface area contributed by atoms with Gasteiger partial charge in [0.2, 0.25) is 0 Å². The Bertz CT molecular complexity index is 602. The van der Waals surface area contributed by atoms with Crippen molar-refractivity contribution in [3.63, 3.8) is 0 Å². The minimum absolute atomic E-state index is 0.268. The molecule has 1 heterocycles. The fourth-order valence-electron chi connectivity index (χ4n) is 1.72. The van der Waals surface area contributed by atoms with Crippen molar-refractivity contribution < 1.29 is 19.0 Å². The molecule has 0 atom stereocenters. The summed E-state index contributed by atoms with van der Waals surface area (Å²) < 4.78 is 15.6. The van der Waals surface area contributed by atoms with Crippen LogP contribution in [0, 0.1) is 0 Å². The van der Waals surface area contributed by atoms with Crippen LogP contribution in [0.15, 0.2) is 41.5 Å². The lowest BCUT2D eigenvalue weighted by molar-refractivity contribution is -0.130. The zero-order valence-electron chi connectivity index (χ0n) is 11.4. The predicted octanol–water partition coefficient (Wildman–Crippen LogP) is 2.58. The van der Waals surface area contributed by atoms with Crippen LogP contribution in [0.2, 0.25) is 0 Å². The monoisotopic (exact) mass is 273 g/mol. The van der Waals surface area contributed by atoms with E-state index in [2.05, 4.69) is 11.6 Å². The van der Waals surface area contributed by atoms with Crippen LogP contribution in [0.4, 0.5) is 0 Å². The molecule has 0 radical (unpaired) electrons. The van der Waals surface area contributed by atoms with Crippen LogP contribution in [0.1, 0.15) is 12.5 Å². The summed E-state index contributed by atoms with van der Waals surface area (Å²) in [5.41, 5.74) is 1.04. The summed E-state index contributed by atoms with van der Waals surface area (Å²) in [6.45, 7) is 5.62. The van der Waals surface area contributed by atoms with Crippen LogP contribution >= 0.6 is 0 Å². The van der Waals surface area contributed by atoms with E-state index in [9.17, 15) is 4.79 Å². The van der Waals surface area contributed by atoms with Crippen molar-refractivity contribution in [1.82, 2.24) is 0 Å². The summed E-state index contributed by atoms with van der Waals surface area (Å²) in [6, 6.07) is 5.35. The van der Waals surface area contributed by atoms with E-state index in [4.69, 9.17) is 14.2 Å². The molecular weight excluding hydrogens is 258 g/mol. The Morgan fingerprint density at radius 2 is 2.20 bits per heavy atom. The number of hydrogen-bond donors (Lipinski definition) is 0. The topological polar surface area (TPSA) is 57.1 Å². The molecule has 20 heavy (non-hydrogen) atoms. The highest BCUT2D eigenvalue weighted by Gasteiger charge is 2.19. The van der Waals surface area contributed by atoms with E-state index < -0.39 is 5.97 Å². The maximum absolute atomic E-state index is 11.5. The summed E-state index contributed by atoms with van der Waals surface area (Å²) >= 11 is 0. The first kappa shape index (κ1) is 13.9. The van der Waals surface area contributed by atoms with E-state index in [1.54, 1.807) is 38.3 Å². The molecule has 1 aromatic rings. The third-order valence-electron chi connectivity index (χ3n) is 2.58. The van der Waals surface area contributed by atoms with Crippen LogP contribution in [0.5, 0.6) is 11.5 Å². The number of carbonyl (C=O) groups excluding carboxylic acids is 1. The molecule has 0 saturated heterocycles. The second-order valence-electron chi connectivity index (χ2n) is 4.06. The quantitative estimate of drug-likeness (QED) is 0.470. The molecule has 0 unspecified atom stereocenters. The van der Waals surface area contributed by atoms with Gasteiger partial charge in [0.15, 0.2) is 23.1 Å². The van der Waals surface area contributed by atoms with Crippen molar-refractivity contribution in [3.8, 4) is 11.5 Å². The molecule has 0 amide bonds. The van der Waals surface area contributed by atoms with Gasteiger partial charge in [-0.15, -0.1) is 0 Å². The minimum Gasteiger partial charge on any atom is -0.493 e. The van der Waals surface area contributed by atoms with Gasteiger partial charge in [0, 0.05) is 6.92 Å². The van der Waals surface area contributed by atoms with Crippen molar-refractivity contribution >= 4 is 17.9 Å². The van der Waals surface area contributed by atoms with Gasteiger partial charge in [-0.1, -0.05) is 18.7 Å². The molecule has 1 aromatic carbocycles. The summed E-state index contributed by atoms with van der Waals surface area (Å²) in [5.74, 6) is 1.09. The number of esters is 1. The molecule has 104 valence electrons. The van der Waals surface area contributed by atoms with Gasteiger partial charge >= 0.3 is 5.97 Å². The molecule has 0 saturated carbocycles. The molecule has 5 nitrogen and oxygen atoms in total. The van der Waals surface area contributed by atoms with Crippen LogP contribution in [-0.4, -0.2) is 25.6 Å². The van der Waals surface area contributed by atoms with Crippen molar-refractivity contribution in [2.45, 2.75) is 6.92 Å². The smallest absolute Gasteiger partial charge is 0.363 e. The third-order valence-corrected chi connectivity index (χ3v) is 2.58. The SMILES string of the molecule is C=CCOc1ccc(/C=C2\N=C(C)OC2=O)cc1OC. The summed E-state index contributed by atoms with van der Waals surface area (Å²) in [7, 11) is 1.55. The highest BCUT2D eigenvalue weighted by Crippen LogP contribution is 2.29. The average Bonchev–Trinajstić information content (AvgIpc) is 2.75. The largest absolute Gasteiger partial charge is 0.493 e. The molecule has 0 N–H and O–H groups in total. The molecule has 2 rings (SSSR count). The van der Waals surface area contributed by atoms with Gasteiger partial charge in [-0.05, 0) is 23.8 Å². The van der Waals surface area contributed by atoms with E-state index in [-0.39, 0.29) is 5.70 Å². The van der Waals surface area contributed by atoms with E-state index in [1.807, 2.05) is 6.07 Å². The van der Waals surface area contributed by atoms with E-state index >= 15 is 0 Å². The minimum atomic E-state index is -0.451. The standard InChI is InChI=1S/C15H15NO4/c1-4-7-19-13-6-5-11(9-14(13)18-3)8-12-15(17)20-10(2)16-12/h4-6,8-9H,1,7H2,2-3H3/b12-8-. The second kappa shape index (κ2) is 6.06. The Hall–Kier alpha value is -2.56. The number of rotatable bonds is 5. The Kier molecular flexibility index (Phi) is 4.20. The maximum Gasteiger partial charge on any atom is 0.363 e. The molecule has 0 spiro atoms. The summed E-state index contributed by atoms with van der Waals surface area (Å²) in [6.07, 6.45) is 3.29. The van der Waals surface area contributed by atoms with Crippen LogP contribution in [0.3, 0.4) is 0 Å². The van der Waals surface area contributed by atoms with Gasteiger partial charge < -0.3 is 14.2 Å². The zero-order chi connectivity index (χ0) is 14.5. The molecule has 5 heteroatoms. The number of aliphatic imine (C=N–C) groups is 1. The van der Waals surface area contributed by atoms with E-state index in [0.29, 0.717) is 24.0 Å². The number of cyclic esters (lactones) is 1. The molecule has 1 aliphatic rings. The Morgan fingerprint density at radius 3 is 2.80 bits per heavy atom. The highest BCUT2D eigenvalue weighted by atomic mass is 16.6. The van der Waals surface area contributed by atoms with Crippen LogP contribution in [-0.2, 0) is 9.53 Å². The first-order valence-corrected chi connectivity index (χ1v) is 6.05. The van der Waals surface area contributed by atoms with Gasteiger partial charge in [-0.2, -0.15) is 0 Å². The van der Waals surface area contributed by atoms with E-state index in [1.165, 1.54) is 0 Å². The number of hydrogen-bond acceptors (Lipinski definition) is 5. The third kappa shape index (κ3) is 3.06. The fraction of sp³-hybridized carbons (Fsp3) is 0.200. The first-order valence-electron chi connectivity index (χ1n) is 6.05. The van der Waals surface area contributed by atoms with Crippen LogP contribution in [0.25, 0.3) is 6.08 Å². The zero-order valence-corrected chi connectivity index (χ0v) is 11.4. The number of carbonyl (C=O) groups is 1. The maximum atomic E-state index is 11.5. The van der Waals surface area contributed by atoms with Gasteiger partial charge in [0.1, 0.15) is 6.61 Å². The number of nitrogens with zero attached hydrogens (tertiary/aromatic N) is 1. The van der Waals surface area contributed by atoms with E-state index in [0.717, 1.165) is 5.56 Å². The van der Waals surface area contributed by atoms with Crippen LogP contribution < -0.4 is 9.47 Å². The van der Waals surface area contributed by atoms with Gasteiger partial charge in [-0.25, -0.2) is 9.79 Å². The Labute approximate surface area is 117 Å². The predicted molar refractivity (Wildman–Crippen MR) is 75.9 cm³/mol. The fourth-order valence-corrected chi connectivity index (χ4v) is 1.72. The van der Waals surface area contributed by atoms with Crippen molar-refractivity contribution in [2.24, 2.45) is 4.99 Å². The van der Waals surface area contributed by atoms with Gasteiger partial charge in [0.05, 0.1) is 7.11 Å². The lowest BCUT2D eigenvalue weighted by Crippen LogP contribution is -2.00. The molecule has 0 aromatic heterocycles. The molecule has 0 fully saturated rings. The van der Waals surface area contributed by atoms with Crippen molar-refractivity contribution in [1.29, 1.82) is 0 Å². The van der Waals surface area contributed by atoms with Crippen molar-refractivity contribution in [3.05, 3.63) is 42.1 Å². The number of methoxy groups -OCH3 is 1. The summed E-state index contributed by atoms with van der Waals surface area (Å²) in [4.78, 5) is 15.5. The van der Waals surface area contributed by atoms with Gasteiger partial charge in [-0.3, -0.25) is 0 Å². The lowest BCUT2D eigenvalue weighted by atomic mass is 10.1. The second-order valence-corrected chi connectivity index (χ2v) is 4.06. The molecule has 0 aliphatic carbocycles. The number of benzene rings is 1. The lowest BCUT2D eigenvalue weighted by Gasteiger charge is -2.09. The first-order chi connectivity index (χ1) is 9.63. The number of ether oxygens (including phenoxy) is 3. The normalized spacial score (nSPS) is 15.8. The average molecular weight is 273 g/mol. The highest BCUT2D eigenvalue weighted by molar-refractivity contribution is 6.06. The Balaban J connectivity index is 2.28. The van der Waals surface area contributed by atoms with Crippen molar-refractivity contribution in [2.75, 3.05) is 13.7 Å². The summed E-state index contributed by atoms with van der Waals surface area (Å²) in [5, 5.41) is 0. The Morgan fingerprint density at radius 1 is 1.40 bits per heavy atom. The molecular formula is C15H15NO4. The van der Waals surface area contributed by atoms with Gasteiger partial charge in [0.25, 0.3) is 0 Å².